The van der Waals surface area contributed by atoms with Crippen LogP contribution in [0.1, 0.15) is 85.9 Å². The second-order valence-corrected chi connectivity index (χ2v) is 10.0. The maximum atomic E-state index is 14.1. The highest BCUT2D eigenvalue weighted by atomic mass is 16.5. The van der Waals surface area contributed by atoms with E-state index in [0.717, 1.165) is 32.1 Å². The summed E-state index contributed by atoms with van der Waals surface area (Å²) < 4.78 is 11.0. The molecule has 206 valence electrons. The largest absolute Gasteiger partial charge is 0.493 e. The number of carbonyl (C=O) groups is 2. The van der Waals surface area contributed by atoms with E-state index in [1.807, 2.05) is 24.3 Å². The van der Waals surface area contributed by atoms with E-state index in [9.17, 15) is 9.59 Å². The molecule has 2 atom stereocenters. The molecule has 0 aliphatic heterocycles. The van der Waals surface area contributed by atoms with Gasteiger partial charge in [0, 0.05) is 24.1 Å². The SMILES string of the molecule is CCC(C)c1ccc(N(C(=O)c2cnccn2)C(C(=O)NC2CCCCC2)c2ccc(OC)c(OC)c2)cc1. The Hall–Kier alpha value is -3.94. The fraction of sp³-hybridized carbons (Fsp3) is 0.419. The molecule has 2 aromatic carbocycles. The number of methoxy groups -OCH3 is 2. The molecule has 1 N–H and O–H groups in total. The van der Waals surface area contributed by atoms with E-state index in [1.165, 1.54) is 35.5 Å². The topological polar surface area (TPSA) is 93.7 Å². The van der Waals surface area contributed by atoms with Gasteiger partial charge in [0.15, 0.2) is 11.5 Å². The lowest BCUT2D eigenvalue weighted by Crippen LogP contribution is -2.47. The molecule has 8 nitrogen and oxygen atoms in total. The van der Waals surface area contributed by atoms with Crippen molar-refractivity contribution in [2.45, 2.75) is 70.4 Å². The Labute approximate surface area is 230 Å². The number of benzene rings is 2. The Balaban J connectivity index is 1.84. The summed E-state index contributed by atoms with van der Waals surface area (Å²) in [6.45, 7) is 4.31. The maximum Gasteiger partial charge on any atom is 0.279 e. The molecule has 1 aromatic heterocycles. The Kier molecular flexibility index (Phi) is 9.52. The number of nitrogens with one attached hydrogen (secondary N) is 1. The molecule has 1 heterocycles. The van der Waals surface area contributed by atoms with Crippen molar-refractivity contribution < 1.29 is 19.1 Å². The maximum absolute atomic E-state index is 14.1. The minimum atomic E-state index is -0.976. The van der Waals surface area contributed by atoms with Gasteiger partial charge in [-0.3, -0.25) is 19.5 Å². The highest BCUT2D eigenvalue weighted by Crippen LogP contribution is 2.36. The summed E-state index contributed by atoms with van der Waals surface area (Å²) in [6, 6.07) is 12.2. The van der Waals surface area contributed by atoms with Gasteiger partial charge < -0.3 is 14.8 Å². The lowest BCUT2D eigenvalue weighted by molar-refractivity contribution is -0.123. The summed E-state index contributed by atoms with van der Waals surface area (Å²) in [6.07, 6.45) is 10.6. The summed E-state index contributed by atoms with van der Waals surface area (Å²) in [5.41, 5.74) is 2.52. The first-order valence-corrected chi connectivity index (χ1v) is 13.7. The Morgan fingerprint density at radius 2 is 1.67 bits per heavy atom. The van der Waals surface area contributed by atoms with Crippen LogP contribution in [0.5, 0.6) is 11.5 Å². The summed E-state index contributed by atoms with van der Waals surface area (Å²) in [4.78, 5) is 38.1. The zero-order valence-electron chi connectivity index (χ0n) is 23.2. The van der Waals surface area contributed by atoms with Crippen molar-refractivity contribution in [2.24, 2.45) is 0 Å². The molecule has 4 rings (SSSR count). The van der Waals surface area contributed by atoms with Crippen LogP contribution in [0.15, 0.2) is 61.1 Å². The lowest BCUT2D eigenvalue weighted by atomic mass is 9.94. The van der Waals surface area contributed by atoms with Crippen molar-refractivity contribution >= 4 is 17.5 Å². The van der Waals surface area contributed by atoms with E-state index in [0.29, 0.717) is 28.7 Å². The second kappa shape index (κ2) is 13.2. The fourth-order valence-corrected chi connectivity index (χ4v) is 5.08. The van der Waals surface area contributed by atoms with Gasteiger partial charge in [0.25, 0.3) is 5.91 Å². The van der Waals surface area contributed by atoms with Gasteiger partial charge in [-0.25, -0.2) is 4.98 Å². The van der Waals surface area contributed by atoms with E-state index >= 15 is 0 Å². The van der Waals surface area contributed by atoms with Crippen LogP contribution in [0.3, 0.4) is 0 Å². The fourth-order valence-electron chi connectivity index (χ4n) is 5.08. The van der Waals surface area contributed by atoms with Crippen molar-refractivity contribution in [2.75, 3.05) is 19.1 Å². The molecule has 2 amide bonds. The minimum absolute atomic E-state index is 0.0649. The molecule has 0 spiro atoms. The summed E-state index contributed by atoms with van der Waals surface area (Å²) >= 11 is 0. The minimum Gasteiger partial charge on any atom is -0.493 e. The van der Waals surface area contributed by atoms with E-state index in [2.05, 4.69) is 29.1 Å². The van der Waals surface area contributed by atoms with Gasteiger partial charge in [-0.2, -0.15) is 0 Å². The lowest BCUT2D eigenvalue weighted by Gasteiger charge is -2.33. The van der Waals surface area contributed by atoms with Crippen LogP contribution in [0.2, 0.25) is 0 Å². The number of carbonyl (C=O) groups excluding carboxylic acids is 2. The van der Waals surface area contributed by atoms with Gasteiger partial charge in [0.2, 0.25) is 5.91 Å². The highest BCUT2D eigenvalue weighted by molar-refractivity contribution is 6.09. The smallest absolute Gasteiger partial charge is 0.279 e. The van der Waals surface area contributed by atoms with Crippen molar-refractivity contribution in [3.05, 3.63) is 77.9 Å². The van der Waals surface area contributed by atoms with Crippen LogP contribution in [-0.2, 0) is 4.79 Å². The first-order chi connectivity index (χ1) is 19.0. The van der Waals surface area contributed by atoms with E-state index < -0.39 is 11.9 Å². The zero-order valence-corrected chi connectivity index (χ0v) is 23.2. The zero-order chi connectivity index (χ0) is 27.8. The molecule has 1 fully saturated rings. The van der Waals surface area contributed by atoms with Crippen molar-refractivity contribution in [1.29, 1.82) is 0 Å². The number of nitrogens with zero attached hydrogens (tertiary/aromatic N) is 3. The quantitative estimate of drug-likeness (QED) is 0.354. The predicted octanol–water partition coefficient (Wildman–Crippen LogP) is 5.84. The number of amides is 2. The molecule has 0 saturated heterocycles. The Bertz CT molecular complexity index is 1240. The molecule has 1 aliphatic rings. The first-order valence-electron chi connectivity index (χ1n) is 13.7. The molecule has 0 bridgehead atoms. The Morgan fingerprint density at radius 3 is 2.28 bits per heavy atom. The second-order valence-electron chi connectivity index (χ2n) is 10.0. The summed E-state index contributed by atoms with van der Waals surface area (Å²) in [5, 5.41) is 3.24. The Morgan fingerprint density at radius 1 is 0.974 bits per heavy atom. The van der Waals surface area contributed by atoms with Gasteiger partial charge in [-0.15, -0.1) is 0 Å². The average molecular weight is 531 g/mol. The molecule has 1 aliphatic carbocycles. The number of hydrogen-bond donors (Lipinski definition) is 1. The van der Waals surface area contributed by atoms with Crippen LogP contribution >= 0.6 is 0 Å². The van der Waals surface area contributed by atoms with Crippen LogP contribution in [0, 0.1) is 0 Å². The normalized spacial score (nSPS) is 15.2. The first kappa shape index (κ1) is 28.1. The number of ether oxygens (including phenoxy) is 2. The van der Waals surface area contributed by atoms with Crippen molar-refractivity contribution in [1.82, 2.24) is 15.3 Å². The van der Waals surface area contributed by atoms with E-state index in [-0.39, 0.29) is 17.6 Å². The standard InChI is InChI=1S/C31H38N4O4/c1-5-21(2)22-11-14-25(15-12-22)35(31(37)26-20-32-17-18-33-26)29(30(36)34-24-9-7-6-8-10-24)23-13-16-27(38-3)28(19-23)39-4/h11-21,24,29H,5-10H2,1-4H3,(H,34,36). The third kappa shape index (κ3) is 6.56. The van der Waals surface area contributed by atoms with Crippen molar-refractivity contribution in [3.63, 3.8) is 0 Å². The third-order valence-corrected chi connectivity index (χ3v) is 7.54. The van der Waals surface area contributed by atoms with Gasteiger partial charge >= 0.3 is 0 Å². The molecule has 1 saturated carbocycles. The highest BCUT2D eigenvalue weighted by Gasteiger charge is 2.36. The number of aromatic nitrogens is 2. The number of rotatable bonds is 10. The summed E-state index contributed by atoms with van der Waals surface area (Å²) in [7, 11) is 3.11. The van der Waals surface area contributed by atoms with Gasteiger partial charge in [0.1, 0.15) is 11.7 Å². The molecular formula is C31H38N4O4. The molecular weight excluding hydrogens is 492 g/mol. The average Bonchev–Trinajstić information content (AvgIpc) is 2.99. The van der Waals surface area contributed by atoms with Gasteiger partial charge in [-0.1, -0.05) is 51.3 Å². The van der Waals surface area contributed by atoms with Crippen LogP contribution in [-0.4, -0.2) is 42.0 Å². The van der Waals surface area contributed by atoms with Gasteiger partial charge in [0.05, 0.1) is 20.4 Å². The molecule has 8 heteroatoms. The summed E-state index contributed by atoms with van der Waals surface area (Å²) in [5.74, 6) is 0.719. The molecule has 3 aromatic rings. The number of anilines is 1. The van der Waals surface area contributed by atoms with Gasteiger partial charge in [-0.05, 0) is 60.6 Å². The van der Waals surface area contributed by atoms with Crippen LogP contribution in [0.4, 0.5) is 5.69 Å². The van der Waals surface area contributed by atoms with E-state index in [4.69, 9.17) is 9.47 Å². The molecule has 2 unspecified atom stereocenters. The molecule has 39 heavy (non-hydrogen) atoms. The number of hydrogen-bond acceptors (Lipinski definition) is 6. The molecule has 0 radical (unpaired) electrons. The predicted molar refractivity (Wildman–Crippen MR) is 151 cm³/mol. The monoisotopic (exact) mass is 530 g/mol. The van der Waals surface area contributed by atoms with Crippen LogP contribution < -0.4 is 19.7 Å². The van der Waals surface area contributed by atoms with E-state index in [1.54, 1.807) is 32.4 Å². The third-order valence-electron chi connectivity index (χ3n) is 7.54. The van der Waals surface area contributed by atoms with Crippen LogP contribution in [0.25, 0.3) is 0 Å². The van der Waals surface area contributed by atoms with Crippen molar-refractivity contribution in [3.8, 4) is 11.5 Å².